The number of rotatable bonds is 12. The zero-order valence-electron chi connectivity index (χ0n) is 17.9. The predicted octanol–water partition coefficient (Wildman–Crippen LogP) is 4.77. The number of imidazole rings is 1. The minimum atomic E-state index is -0.472. The number of esters is 1. The standard InChI is InChI=1S/C25H29N3O3/c1-2-3-4-16-30-19-24(31-25(29)23-6-5-13-26-17-23)12-11-21-7-9-22(10-8-21)18-28-15-14-27-20-28/h5-15,17,20,24H,2-4,16,18-19H2,1H3/b12-11+. The van der Waals surface area contributed by atoms with Crippen LogP contribution in [0.25, 0.3) is 6.08 Å². The zero-order chi connectivity index (χ0) is 21.7. The molecule has 0 N–H and O–H groups in total. The molecule has 31 heavy (non-hydrogen) atoms. The van der Waals surface area contributed by atoms with E-state index in [1.54, 1.807) is 30.9 Å². The second-order valence-electron chi connectivity index (χ2n) is 7.30. The van der Waals surface area contributed by atoms with Gasteiger partial charge in [0.1, 0.15) is 6.10 Å². The first kappa shape index (κ1) is 22.4. The normalized spacial score (nSPS) is 12.2. The minimum Gasteiger partial charge on any atom is -0.452 e. The summed E-state index contributed by atoms with van der Waals surface area (Å²) in [6, 6.07) is 11.7. The number of hydrogen-bond donors (Lipinski definition) is 0. The molecule has 3 rings (SSSR count). The van der Waals surface area contributed by atoms with Gasteiger partial charge in [-0.2, -0.15) is 0 Å². The second kappa shape index (κ2) is 12.4. The molecule has 0 bridgehead atoms. The van der Waals surface area contributed by atoms with E-state index in [0.29, 0.717) is 18.8 Å². The van der Waals surface area contributed by atoms with E-state index in [1.165, 1.54) is 11.8 Å². The molecular weight excluding hydrogens is 390 g/mol. The summed E-state index contributed by atoms with van der Waals surface area (Å²) in [5.74, 6) is -0.407. The van der Waals surface area contributed by atoms with E-state index >= 15 is 0 Å². The molecule has 6 heteroatoms. The molecule has 0 aliphatic carbocycles. The average molecular weight is 420 g/mol. The van der Waals surface area contributed by atoms with Crippen molar-refractivity contribution in [2.45, 2.75) is 38.8 Å². The number of carbonyl (C=O) groups excluding carboxylic acids is 1. The summed E-state index contributed by atoms with van der Waals surface area (Å²) >= 11 is 0. The molecule has 2 heterocycles. The summed E-state index contributed by atoms with van der Waals surface area (Å²) in [5, 5.41) is 0. The van der Waals surface area contributed by atoms with Crippen molar-refractivity contribution in [3.05, 3.63) is 90.3 Å². The number of aromatic nitrogens is 3. The number of benzene rings is 1. The Bertz CT molecular complexity index is 922. The molecule has 2 aromatic heterocycles. The Balaban J connectivity index is 1.60. The molecule has 0 aliphatic rings. The highest BCUT2D eigenvalue weighted by Crippen LogP contribution is 2.11. The molecule has 1 atom stereocenters. The molecule has 1 aromatic carbocycles. The van der Waals surface area contributed by atoms with Crippen molar-refractivity contribution in [1.82, 2.24) is 14.5 Å². The summed E-state index contributed by atoms with van der Waals surface area (Å²) in [4.78, 5) is 20.5. The van der Waals surface area contributed by atoms with Crippen LogP contribution < -0.4 is 0 Å². The molecule has 0 aliphatic heterocycles. The van der Waals surface area contributed by atoms with Gasteiger partial charge in [0.2, 0.25) is 0 Å². The van der Waals surface area contributed by atoms with Gasteiger partial charge in [0.25, 0.3) is 0 Å². The Morgan fingerprint density at radius 1 is 1.13 bits per heavy atom. The van der Waals surface area contributed by atoms with Crippen LogP contribution in [-0.2, 0) is 16.0 Å². The van der Waals surface area contributed by atoms with Gasteiger partial charge < -0.3 is 14.0 Å². The SMILES string of the molecule is CCCCCOCC(/C=C/c1ccc(Cn2ccnc2)cc1)OC(=O)c1cccnc1. The van der Waals surface area contributed by atoms with Crippen LogP contribution in [0.2, 0.25) is 0 Å². The lowest BCUT2D eigenvalue weighted by Crippen LogP contribution is -2.22. The lowest BCUT2D eigenvalue weighted by atomic mass is 10.1. The lowest BCUT2D eigenvalue weighted by Gasteiger charge is -2.15. The van der Waals surface area contributed by atoms with Gasteiger partial charge in [0.15, 0.2) is 0 Å². The lowest BCUT2D eigenvalue weighted by molar-refractivity contribution is 0.0106. The fraction of sp³-hybridized carbons (Fsp3) is 0.320. The first-order valence-electron chi connectivity index (χ1n) is 10.7. The second-order valence-corrected chi connectivity index (χ2v) is 7.30. The van der Waals surface area contributed by atoms with Crippen molar-refractivity contribution in [3.8, 4) is 0 Å². The zero-order valence-corrected chi connectivity index (χ0v) is 17.9. The highest BCUT2D eigenvalue weighted by atomic mass is 16.6. The van der Waals surface area contributed by atoms with Gasteiger partial charge in [-0.3, -0.25) is 4.98 Å². The summed E-state index contributed by atoms with van der Waals surface area (Å²) in [7, 11) is 0. The van der Waals surface area contributed by atoms with Crippen molar-refractivity contribution in [2.75, 3.05) is 13.2 Å². The van der Waals surface area contributed by atoms with E-state index in [0.717, 1.165) is 31.4 Å². The summed E-state index contributed by atoms with van der Waals surface area (Å²) in [6.07, 6.45) is 15.3. The van der Waals surface area contributed by atoms with E-state index in [4.69, 9.17) is 9.47 Å². The fourth-order valence-corrected chi connectivity index (χ4v) is 3.02. The van der Waals surface area contributed by atoms with Crippen LogP contribution in [0.3, 0.4) is 0 Å². The van der Waals surface area contributed by atoms with Crippen LogP contribution in [0.5, 0.6) is 0 Å². The van der Waals surface area contributed by atoms with Gasteiger partial charge in [-0.1, -0.05) is 50.1 Å². The molecule has 1 unspecified atom stereocenters. The number of carbonyl (C=O) groups is 1. The Kier molecular flexibility index (Phi) is 9.01. The quantitative estimate of drug-likeness (QED) is 0.312. The van der Waals surface area contributed by atoms with Crippen LogP contribution >= 0.6 is 0 Å². The number of unbranched alkanes of at least 4 members (excludes halogenated alkanes) is 2. The molecule has 162 valence electrons. The third kappa shape index (κ3) is 7.83. The van der Waals surface area contributed by atoms with Gasteiger partial charge in [-0.25, -0.2) is 9.78 Å². The Hall–Kier alpha value is -3.25. The molecule has 0 spiro atoms. The first-order valence-corrected chi connectivity index (χ1v) is 10.7. The van der Waals surface area contributed by atoms with Crippen molar-refractivity contribution in [1.29, 1.82) is 0 Å². The Morgan fingerprint density at radius 2 is 2.00 bits per heavy atom. The summed E-state index contributed by atoms with van der Waals surface area (Å²) in [6.45, 7) is 3.92. The third-order valence-corrected chi connectivity index (χ3v) is 4.74. The molecule has 0 amide bonds. The van der Waals surface area contributed by atoms with Gasteiger partial charge in [0.05, 0.1) is 18.5 Å². The van der Waals surface area contributed by atoms with Crippen LogP contribution in [0.1, 0.15) is 47.7 Å². The third-order valence-electron chi connectivity index (χ3n) is 4.74. The molecule has 0 saturated heterocycles. The monoisotopic (exact) mass is 419 g/mol. The maximum atomic E-state index is 12.4. The molecular formula is C25H29N3O3. The van der Waals surface area contributed by atoms with E-state index in [-0.39, 0.29) is 0 Å². The molecule has 0 fully saturated rings. The van der Waals surface area contributed by atoms with Crippen molar-refractivity contribution >= 4 is 12.0 Å². The minimum absolute atomic E-state index is 0.324. The van der Waals surface area contributed by atoms with Gasteiger partial charge in [0, 0.05) is 37.9 Å². The van der Waals surface area contributed by atoms with Crippen LogP contribution in [0.4, 0.5) is 0 Å². The molecule has 6 nitrogen and oxygen atoms in total. The topological polar surface area (TPSA) is 66.2 Å². The van der Waals surface area contributed by atoms with Crippen LogP contribution in [0, 0.1) is 0 Å². The number of hydrogen-bond acceptors (Lipinski definition) is 5. The molecule has 0 saturated carbocycles. The maximum absolute atomic E-state index is 12.4. The highest BCUT2D eigenvalue weighted by molar-refractivity contribution is 5.89. The smallest absolute Gasteiger partial charge is 0.340 e. The van der Waals surface area contributed by atoms with Crippen molar-refractivity contribution in [3.63, 3.8) is 0 Å². The van der Waals surface area contributed by atoms with Crippen LogP contribution in [0.15, 0.2) is 73.6 Å². The van der Waals surface area contributed by atoms with Gasteiger partial charge in [-0.05, 0) is 35.8 Å². The summed E-state index contributed by atoms with van der Waals surface area (Å²) < 4.78 is 13.4. The maximum Gasteiger partial charge on any atom is 0.340 e. The van der Waals surface area contributed by atoms with E-state index < -0.39 is 12.1 Å². The fourth-order valence-electron chi connectivity index (χ4n) is 3.02. The van der Waals surface area contributed by atoms with Gasteiger partial charge >= 0.3 is 5.97 Å². The highest BCUT2D eigenvalue weighted by Gasteiger charge is 2.14. The Morgan fingerprint density at radius 3 is 2.71 bits per heavy atom. The van der Waals surface area contributed by atoms with Crippen molar-refractivity contribution in [2.24, 2.45) is 0 Å². The van der Waals surface area contributed by atoms with Crippen molar-refractivity contribution < 1.29 is 14.3 Å². The average Bonchev–Trinajstić information content (AvgIpc) is 3.31. The van der Waals surface area contributed by atoms with E-state index in [9.17, 15) is 4.79 Å². The summed E-state index contributed by atoms with van der Waals surface area (Å²) in [5.41, 5.74) is 2.65. The van der Waals surface area contributed by atoms with E-state index in [2.05, 4.69) is 29.0 Å². The number of nitrogens with zero attached hydrogens (tertiary/aromatic N) is 3. The first-order chi connectivity index (χ1) is 15.2. The predicted molar refractivity (Wildman–Crippen MR) is 121 cm³/mol. The van der Waals surface area contributed by atoms with E-state index in [1.807, 2.05) is 35.0 Å². The molecule has 3 aromatic rings. The Labute approximate surface area is 183 Å². The number of ether oxygens (including phenoxy) is 2. The number of pyridine rings is 1. The van der Waals surface area contributed by atoms with Crippen LogP contribution in [-0.4, -0.2) is 39.8 Å². The largest absolute Gasteiger partial charge is 0.452 e. The molecule has 0 radical (unpaired) electrons. The van der Waals surface area contributed by atoms with Gasteiger partial charge in [-0.15, -0.1) is 0 Å².